The smallest absolute Gasteiger partial charge is 0.309 e. The normalized spacial score (nSPS) is 11.7. The van der Waals surface area contributed by atoms with Crippen LogP contribution in [0, 0.1) is 6.92 Å². The summed E-state index contributed by atoms with van der Waals surface area (Å²) in [6.07, 6.45) is -4.45. The van der Waals surface area contributed by atoms with E-state index in [0.29, 0.717) is 34.2 Å². The zero-order chi connectivity index (χ0) is 36.8. The Hall–Kier alpha value is -6.86. The third kappa shape index (κ3) is 6.09. The van der Waals surface area contributed by atoms with Crippen molar-refractivity contribution in [2.24, 2.45) is 0 Å². The molecule has 0 aliphatic rings. The van der Waals surface area contributed by atoms with E-state index in [2.05, 4.69) is 66.1 Å². The van der Waals surface area contributed by atoms with Crippen LogP contribution in [0.2, 0.25) is 0 Å². The molecule has 0 bridgehead atoms. The molecule has 54 heavy (non-hydrogen) atoms. The summed E-state index contributed by atoms with van der Waals surface area (Å²) in [6.45, 7) is 2.08. The van der Waals surface area contributed by atoms with Crippen molar-refractivity contribution in [2.45, 2.75) is 13.1 Å². The molecule has 0 aliphatic carbocycles. The zero-order valence-corrected chi connectivity index (χ0v) is 29.1. The van der Waals surface area contributed by atoms with Crippen LogP contribution >= 0.6 is 0 Å². The second-order valence-electron chi connectivity index (χ2n) is 13.3. The van der Waals surface area contributed by atoms with Gasteiger partial charge >= 0.3 is 6.18 Å². The lowest BCUT2D eigenvalue weighted by Gasteiger charge is -2.16. The molecule has 9 rings (SSSR count). The highest BCUT2D eigenvalue weighted by atomic mass is 19.4. The molecule has 2 aromatic heterocycles. The number of nitrogens with zero attached hydrogens (tertiary/aromatic N) is 4. The Labute approximate surface area is 309 Å². The minimum Gasteiger partial charge on any atom is -0.309 e. The quantitative estimate of drug-likeness (QED) is 0.173. The van der Waals surface area contributed by atoms with Gasteiger partial charge in [-0.05, 0) is 71.6 Å². The molecule has 0 aliphatic heterocycles. The molecule has 0 saturated carbocycles. The summed E-state index contributed by atoms with van der Waals surface area (Å²) in [4.78, 5) is 14.9. The second-order valence-corrected chi connectivity index (χ2v) is 13.3. The molecule has 0 fully saturated rings. The number of aryl methyl sites for hydroxylation is 1. The lowest BCUT2D eigenvalue weighted by molar-refractivity contribution is -0.137. The number of halogens is 3. The Kier molecular flexibility index (Phi) is 8.12. The molecule has 4 nitrogen and oxygen atoms in total. The fourth-order valence-electron chi connectivity index (χ4n) is 7.05. The topological polar surface area (TPSA) is 43.6 Å². The van der Waals surface area contributed by atoms with Crippen molar-refractivity contribution in [3.05, 3.63) is 181 Å². The Morgan fingerprint density at radius 3 is 1.63 bits per heavy atom. The molecule has 0 spiro atoms. The maximum atomic E-state index is 13.7. The molecule has 0 radical (unpaired) electrons. The lowest BCUT2D eigenvalue weighted by Crippen LogP contribution is -2.04. The van der Waals surface area contributed by atoms with E-state index in [-0.39, 0.29) is 0 Å². The molecule has 0 amide bonds. The highest BCUT2D eigenvalue weighted by molar-refractivity contribution is 6.10. The number of aromatic nitrogens is 4. The third-order valence-corrected chi connectivity index (χ3v) is 9.78. The lowest BCUT2D eigenvalue weighted by atomic mass is 9.97. The Balaban J connectivity index is 1.29. The van der Waals surface area contributed by atoms with Crippen molar-refractivity contribution >= 4 is 21.8 Å². The predicted molar refractivity (Wildman–Crippen MR) is 211 cm³/mol. The Bertz CT molecular complexity index is 2730. The molecule has 7 heteroatoms. The number of rotatable bonds is 6. The molecule has 0 atom stereocenters. The number of alkyl halides is 3. The van der Waals surface area contributed by atoms with E-state index in [9.17, 15) is 13.2 Å². The summed E-state index contributed by atoms with van der Waals surface area (Å²) in [5, 5.41) is 2.21. The van der Waals surface area contributed by atoms with Gasteiger partial charge in [-0.25, -0.2) is 15.0 Å². The third-order valence-electron chi connectivity index (χ3n) is 9.78. The maximum Gasteiger partial charge on any atom is 0.416 e. The van der Waals surface area contributed by atoms with Gasteiger partial charge < -0.3 is 4.57 Å². The molecule has 0 unspecified atom stereocenters. The Morgan fingerprint density at radius 1 is 0.426 bits per heavy atom. The first-order valence-electron chi connectivity index (χ1n) is 17.6. The summed E-state index contributed by atoms with van der Waals surface area (Å²) in [7, 11) is 0. The van der Waals surface area contributed by atoms with E-state index in [4.69, 9.17) is 15.0 Å². The van der Waals surface area contributed by atoms with E-state index in [0.717, 1.165) is 61.9 Å². The van der Waals surface area contributed by atoms with Crippen molar-refractivity contribution in [2.75, 3.05) is 0 Å². The van der Waals surface area contributed by atoms with E-state index >= 15 is 0 Å². The highest BCUT2D eigenvalue weighted by Crippen LogP contribution is 2.40. The van der Waals surface area contributed by atoms with Crippen molar-refractivity contribution in [3.63, 3.8) is 0 Å². The second kappa shape index (κ2) is 13.3. The zero-order valence-electron chi connectivity index (χ0n) is 29.1. The highest BCUT2D eigenvalue weighted by Gasteiger charge is 2.30. The average molecular weight is 709 g/mol. The summed E-state index contributed by atoms with van der Waals surface area (Å²) in [5.74, 6) is 1.38. The van der Waals surface area contributed by atoms with Crippen LogP contribution in [0.5, 0.6) is 0 Å². The monoisotopic (exact) mass is 708 g/mol. The first-order valence-corrected chi connectivity index (χ1v) is 17.6. The van der Waals surface area contributed by atoms with Crippen molar-refractivity contribution in [1.82, 2.24) is 19.5 Å². The van der Waals surface area contributed by atoms with Crippen LogP contribution in [-0.2, 0) is 6.18 Å². The van der Waals surface area contributed by atoms with Crippen molar-refractivity contribution in [1.29, 1.82) is 0 Å². The number of hydrogen-bond acceptors (Lipinski definition) is 3. The largest absolute Gasteiger partial charge is 0.416 e. The summed E-state index contributed by atoms with van der Waals surface area (Å²) in [6, 6.07) is 54.0. The number of para-hydroxylation sites is 1. The molecule has 2 heterocycles. The molecule has 0 N–H and O–H groups in total. The molecule has 0 saturated heterocycles. The van der Waals surface area contributed by atoms with Crippen LogP contribution in [0.3, 0.4) is 0 Å². The van der Waals surface area contributed by atoms with Crippen molar-refractivity contribution in [3.8, 4) is 62.1 Å². The summed E-state index contributed by atoms with van der Waals surface area (Å²) in [5.41, 5.74) is 9.25. The first-order chi connectivity index (χ1) is 26.3. The van der Waals surface area contributed by atoms with Crippen LogP contribution in [0.25, 0.3) is 83.9 Å². The maximum absolute atomic E-state index is 13.7. The van der Waals surface area contributed by atoms with Crippen LogP contribution in [0.15, 0.2) is 170 Å². The van der Waals surface area contributed by atoms with Crippen LogP contribution in [-0.4, -0.2) is 19.5 Å². The fourth-order valence-corrected chi connectivity index (χ4v) is 7.05. The summed E-state index contributed by atoms with van der Waals surface area (Å²) < 4.78 is 43.2. The fraction of sp³-hybridized carbons (Fsp3) is 0.0426. The van der Waals surface area contributed by atoms with E-state index < -0.39 is 11.7 Å². The van der Waals surface area contributed by atoms with Crippen LogP contribution in [0.1, 0.15) is 11.1 Å². The molecular weight excluding hydrogens is 678 g/mol. The van der Waals surface area contributed by atoms with Crippen molar-refractivity contribution < 1.29 is 13.2 Å². The first kappa shape index (κ1) is 33.0. The van der Waals surface area contributed by atoms with Gasteiger partial charge in [-0.3, -0.25) is 0 Å². The number of benzene rings is 7. The van der Waals surface area contributed by atoms with E-state index in [1.807, 2.05) is 91.0 Å². The van der Waals surface area contributed by atoms with Gasteiger partial charge in [0.1, 0.15) is 0 Å². The summed E-state index contributed by atoms with van der Waals surface area (Å²) >= 11 is 0. The molecular formula is C47H31F3N4. The van der Waals surface area contributed by atoms with Gasteiger partial charge in [-0.15, -0.1) is 0 Å². The molecule has 7 aromatic carbocycles. The number of fused-ring (bicyclic) bond motifs is 3. The van der Waals surface area contributed by atoms with Gasteiger partial charge in [-0.2, -0.15) is 13.2 Å². The van der Waals surface area contributed by atoms with Crippen LogP contribution in [0.4, 0.5) is 13.2 Å². The van der Waals surface area contributed by atoms with Gasteiger partial charge in [0.2, 0.25) is 0 Å². The van der Waals surface area contributed by atoms with E-state index in [1.165, 1.54) is 17.7 Å². The Morgan fingerprint density at radius 2 is 0.981 bits per heavy atom. The van der Waals surface area contributed by atoms with E-state index in [1.54, 1.807) is 0 Å². The van der Waals surface area contributed by atoms with Gasteiger partial charge in [-0.1, -0.05) is 133 Å². The molecule has 260 valence electrons. The van der Waals surface area contributed by atoms with Gasteiger partial charge in [0.15, 0.2) is 17.5 Å². The van der Waals surface area contributed by atoms with Gasteiger partial charge in [0, 0.05) is 33.2 Å². The number of hydrogen-bond donors (Lipinski definition) is 0. The average Bonchev–Trinajstić information content (AvgIpc) is 3.55. The van der Waals surface area contributed by atoms with Gasteiger partial charge in [0.05, 0.1) is 16.6 Å². The standard InChI is InChI=1S/C47H31F3N4/c1-30-16-18-31(19-17-30)35-22-27-43-40(28-35)39-14-8-9-15-42(39)54(43)37-25-26-38(32-20-23-36(24-21-32)47(48,49)50)41(29-37)46-52-44(33-10-4-2-5-11-33)51-45(53-46)34-12-6-3-7-13-34/h2-29H,1H3. The SMILES string of the molecule is Cc1ccc(-c2ccc3c(c2)c2ccccc2n3-c2ccc(-c3ccc(C(F)(F)F)cc3)c(-c3nc(-c4ccccc4)nc(-c4ccccc4)n3)c2)cc1. The minimum absolute atomic E-state index is 0.405. The predicted octanol–water partition coefficient (Wildman–Crippen LogP) is 12.6. The molecule has 9 aromatic rings. The minimum atomic E-state index is -4.45. The van der Waals surface area contributed by atoms with Gasteiger partial charge in [0.25, 0.3) is 0 Å². The van der Waals surface area contributed by atoms with Crippen LogP contribution < -0.4 is 0 Å².